The van der Waals surface area contributed by atoms with Gasteiger partial charge in [0.2, 0.25) is 5.91 Å². The van der Waals surface area contributed by atoms with Crippen molar-refractivity contribution >= 4 is 5.91 Å². The largest absolute Gasteiger partial charge is 0.496 e. The monoisotopic (exact) mass is 291 g/mol. The molecule has 0 spiro atoms. The predicted octanol–water partition coefficient (Wildman–Crippen LogP) is 1.12. The molecule has 5 heteroatoms. The van der Waals surface area contributed by atoms with Gasteiger partial charge in [0.1, 0.15) is 5.75 Å². The first-order valence-corrected chi connectivity index (χ1v) is 7.45. The second-order valence-corrected chi connectivity index (χ2v) is 5.46. The molecule has 116 valence electrons. The Labute approximate surface area is 126 Å². The SMILES string of the molecule is COc1ccccc1C(C)N(C)CC(=O)N1CCNCC1. The third kappa shape index (κ3) is 3.95. The number of rotatable bonds is 5. The molecule has 0 radical (unpaired) electrons. The Kier molecular flexibility index (Phi) is 5.59. The number of ether oxygens (including phenoxy) is 1. The van der Waals surface area contributed by atoms with Crippen LogP contribution in [0.25, 0.3) is 0 Å². The number of benzene rings is 1. The summed E-state index contributed by atoms with van der Waals surface area (Å²) in [6, 6.07) is 8.10. The minimum atomic E-state index is 0.132. The number of piperazine rings is 1. The zero-order valence-electron chi connectivity index (χ0n) is 13.1. The molecule has 1 atom stereocenters. The molecule has 1 saturated heterocycles. The molecule has 1 heterocycles. The molecule has 5 nitrogen and oxygen atoms in total. The van der Waals surface area contributed by atoms with Crippen molar-refractivity contribution in [2.24, 2.45) is 0 Å². The van der Waals surface area contributed by atoms with Gasteiger partial charge in [-0.1, -0.05) is 18.2 Å². The van der Waals surface area contributed by atoms with E-state index in [0.717, 1.165) is 37.5 Å². The van der Waals surface area contributed by atoms with Crippen molar-refractivity contribution < 1.29 is 9.53 Å². The van der Waals surface area contributed by atoms with E-state index in [4.69, 9.17) is 4.74 Å². The van der Waals surface area contributed by atoms with E-state index in [1.165, 1.54) is 0 Å². The zero-order chi connectivity index (χ0) is 15.2. The van der Waals surface area contributed by atoms with Crippen LogP contribution in [0.4, 0.5) is 0 Å². The van der Waals surface area contributed by atoms with E-state index in [0.29, 0.717) is 6.54 Å². The van der Waals surface area contributed by atoms with Crippen molar-refractivity contribution in [1.82, 2.24) is 15.1 Å². The van der Waals surface area contributed by atoms with Crippen molar-refractivity contribution in [3.8, 4) is 5.75 Å². The summed E-state index contributed by atoms with van der Waals surface area (Å²) in [7, 11) is 3.66. The zero-order valence-corrected chi connectivity index (χ0v) is 13.1. The molecule has 1 N–H and O–H groups in total. The molecule has 1 amide bonds. The number of hydrogen-bond donors (Lipinski definition) is 1. The smallest absolute Gasteiger partial charge is 0.236 e. The van der Waals surface area contributed by atoms with Crippen molar-refractivity contribution in [2.45, 2.75) is 13.0 Å². The fraction of sp³-hybridized carbons (Fsp3) is 0.562. The molecular formula is C16H25N3O2. The summed E-state index contributed by atoms with van der Waals surface area (Å²) >= 11 is 0. The lowest BCUT2D eigenvalue weighted by Gasteiger charge is -2.31. The van der Waals surface area contributed by atoms with Crippen LogP contribution in [0.15, 0.2) is 24.3 Å². The van der Waals surface area contributed by atoms with Crippen LogP contribution in [0, 0.1) is 0 Å². The summed E-state index contributed by atoms with van der Waals surface area (Å²) in [5.74, 6) is 1.06. The van der Waals surface area contributed by atoms with Crippen molar-refractivity contribution in [2.75, 3.05) is 46.9 Å². The molecule has 1 aliphatic rings. The number of para-hydroxylation sites is 1. The van der Waals surface area contributed by atoms with Crippen LogP contribution in [-0.2, 0) is 4.79 Å². The van der Waals surface area contributed by atoms with Crippen LogP contribution in [0.5, 0.6) is 5.75 Å². The van der Waals surface area contributed by atoms with Crippen LogP contribution in [0.2, 0.25) is 0 Å². The Morgan fingerprint density at radius 3 is 2.71 bits per heavy atom. The number of nitrogens with zero attached hydrogens (tertiary/aromatic N) is 2. The average molecular weight is 291 g/mol. The van der Waals surface area contributed by atoms with Crippen molar-refractivity contribution in [1.29, 1.82) is 0 Å². The molecule has 1 unspecified atom stereocenters. The Morgan fingerprint density at radius 1 is 1.38 bits per heavy atom. The lowest BCUT2D eigenvalue weighted by Crippen LogP contribution is -2.49. The third-order valence-corrected chi connectivity index (χ3v) is 4.10. The van der Waals surface area contributed by atoms with Gasteiger partial charge in [-0.15, -0.1) is 0 Å². The van der Waals surface area contributed by atoms with Gasteiger partial charge in [-0.05, 0) is 20.0 Å². The first-order chi connectivity index (χ1) is 10.1. The quantitative estimate of drug-likeness (QED) is 0.883. The molecule has 21 heavy (non-hydrogen) atoms. The lowest BCUT2D eigenvalue weighted by molar-refractivity contribution is -0.133. The van der Waals surface area contributed by atoms with Gasteiger partial charge in [0.05, 0.1) is 13.7 Å². The highest BCUT2D eigenvalue weighted by Gasteiger charge is 2.21. The highest BCUT2D eigenvalue weighted by Crippen LogP contribution is 2.27. The second-order valence-electron chi connectivity index (χ2n) is 5.46. The van der Waals surface area contributed by atoms with Crippen LogP contribution < -0.4 is 10.1 Å². The fourth-order valence-corrected chi connectivity index (χ4v) is 2.61. The van der Waals surface area contributed by atoms with Crippen LogP contribution in [-0.4, -0.2) is 62.6 Å². The Hall–Kier alpha value is -1.59. The van der Waals surface area contributed by atoms with E-state index in [1.807, 2.05) is 30.1 Å². The molecule has 2 rings (SSSR count). The molecule has 1 aliphatic heterocycles. The van der Waals surface area contributed by atoms with Gasteiger partial charge >= 0.3 is 0 Å². The normalized spacial score (nSPS) is 16.9. The highest BCUT2D eigenvalue weighted by molar-refractivity contribution is 5.78. The van der Waals surface area contributed by atoms with E-state index in [9.17, 15) is 4.79 Å². The van der Waals surface area contributed by atoms with E-state index in [1.54, 1.807) is 7.11 Å². The minimum Gasteiger partial charge on any atom is -0.496 e. The Bertz CT molecular complexity index is 472. The number of likely N-dealkylation sites (N-methyl/N-ethyl adjacent to an activating group) is 1. The summed E-state index contributed by atoms with van der Waals surface area (Å²) in [6.45, 7) is 5.91. The number of methoxy groups -OCH3 is 1. The Balaban J connectivity index is 1.98. The van der Waals surface area contributed by atoms with Crippen LogP contribution in [0.3, 0.4) is 0 Å². The van der Waals surface area contributed by atoms with Gasteiger partial charge in [-0.3, -0.25) is 9.69 Å². The maximum absolute atomic E-state index is 12.3. The molecular weight excluding hydrogens is 266 g/mol. The molecule has 1 aromatic carbocycles. The summed E-state index contributed by atoms with van der Waals surface area (Å²) in [5, 5.41) is 3.26. The maximum Gasteiger partial charge on any atom is 0.236 e. The second kappa shape index (κ2) is 7.43. The minimum absolute atomic E-state index is 0.132. The number of carbonyl (C=O) groups is 1. The van der Waals surface area contributed by atoms with Crippen LogP contribution >= 0.6 is 0 Å². The summed E-state index contributed by atoms with van der Waals surface area (Å²) in [5.41, 5.74) is 1.11. The van der Waals surface area contributed by atoms with E-state index >= 15 is 0 Å². The van der Waals surface area contributed by atoms with Gasteiger partial charge in [0.15, 0.2) is 0 Å². The van der Waals surface area contributed by atoms with E-state index in [2.05, 4.69) is 23.2 Å². The Morgan fingerprint density at radius 2 is 2.05 bits per heavy atom. The van der Waals surface area contributed by atoms with E-state index in [-0.39, 0.29) is 11.9 Å². The number of amides is 1. The van der Waals surface area contributed by atoms with Crippen LogP contribution in [0.1, 0.15) is 18.5 Å². The standard InChI is InChI=1S/C16H25N3O2/c1-13(14-6-4-5-7-15(14)21-3)18(2)12-16(20)19-10-8-17-9-11-19/h4-7,13,17H,8-12H2,1-3H3. The van der Waals surface area contributed by atoms with Crippen molar-refractivity contribution in [3.05, 3.63) is 29.8 Å². The van der Waals surface area contributed by atoms with Gasteiger partial charge in [-0.25, -0.2) is 0 Å². The first kappa shape index (κ1) is 15.8. The number of hydrogen-bond acceptors (Lipinski definition) is 4. The highest BCUT2D eigenvalue weighted by atomic mass is 16.5. The predicted molar refractivity (Wildman–Crippen MR) is 83.5 cm³/mol. The van der Waals surface area contributed by atoms with Gasteiger partial charge in [0, 0.05) is 37.8 Å². The maximum atomic E-state index is 12.3. The van der Waals surface area contributed by atoms with Crippen molar-refractivity contribution in [3.63, 3.8) is 0 Å². The van der Waals surface area contributed by atoms with Gasteiger partial charge in [0.25, 0.3) is 0 Å². The lowest BCUT2D eigenvalue weighted by atomic mass is 10.1. The molecule has 1 aromatic rings. The molecule has 0 aromatic heterocycles. The molecule has 0 aliphatic carbocycles. The molecule has 0 bridgehead atoms. The topological polar surface area (TPSA) is 44.8 Å². The fourth-order valence-electron chi connectivity index (χ4n) is 2.61. The first-order valence-electron chi connectivity index (χ1n) is 7.45. The van der Waals surface area contributed by atoms with Gasteiger partial charge < -0.3 is 15.0 Å². The molecule has 1 fully saturated rings. The third-order valence-electron chi connectivity index (χ3n) is 4.10. The van der Waals surface area contributed by atoms with E-state index < -0.39 is 0 Å². The molecule has 0 saturated carbocycles. The number of nitrogens with one attached hydrogen (secondary N) is 1. The average Bonchev–Trinajstić information content (AvgIpc) is 2.54. The summed E-state index contributed by atoms with van der Waals surface area (Å²) < 4.78 is 5.41. The van der Waals surface area contributed by atoms with Gasteiger partial charge in [-0.2, -0.15) is 0 Å². The summed E-state index contributed by atoms with van der Waals surface area (Å²) in [4.78, 5) is 16.3. The summed E-state index contributed by atoms with van der Waals surface area (Å²) in [6.07, 6.45) is 0. The number of carbonyl (C=O) groups excluding carboxylic acids is 1.